The Balaban J connectivity index is 1.44. The number of hydrogen-bond acceptors (Lipinski definition) is 2. The van der Waals surface area contributed by atoms with Crippen LogP contribution in [0.1, 0.15) is 24.0 Å². The standard InChI is InChI=1S/C22H23NO2/c1-10-4-3-5-11(2)20(10)23-21(24)18-14-9-15(19(18)22(23)25)17-13-7-6-12(8-13)16(14)17/h3-7,12-19H,8-9H2,1-2H3. The van der Waals surface area contributed by atoms with Crippen LogP contribution in [0.4, 0.5) is 5.69 Å². The third-order valence-corrected chi connectivity index (χ3v) is 8.10. The quantitative estimate of drug-likeness (QED) is 0.448. The first kappa shape index (κ1) is 14.3. The largest absolute Gasteiger partial charge is 0.274 e. The van der Waals surface area contributed by atoms with Crippen LogP contribution in [0.2, 0.25) is 0 Å². The first-order valence-electron chi connectivity index (χ1n) is 9.70. The van der Waals surface area contributed by atoms with Gasteiger partial charge in [0.15, 0.2) is 0 Å². The SMILES string of the molecule is Cc1cccc(C)c1N1C(=O)C2C3CC(C2C1=O)C1C2C=CC(C2)C31. The van der Waals surface area contributed by atoms with Crippen LogP contribution in [0.15, 0.2) is 30.4 Å². The summed E-state index contributed by atoms with van der Waals surface area (Å²) in [4.78, 5) is 28.3. The molecular formula is C22H23NO2. The molecule has 128 valence electrons. The monoisotopic (exact) mass is 333 g/mol. The van der Waals surface area contributed by atoms with Gasteiger partial charge in [0.25, 0.3) is 0 Å². The number of carbonyl (C=O) groups is 2. The van der Waals surface area contributed by atoms with E-state index in [1.807, 2.05) is 32.0 Å². The van der Waals surface area contributed by atoms with Crippen molar-refractivity contribution in [1.29, 1.82) is 0 Å². The fraction of sp³-hybridized carbons (Fsp3) is 0.545. The van der Waals surface area contributed by atoms with Crippen molar-refractivity contribution in [3.05, 3.63) is 41.5 Å². The molecule has 0 spiro atoms. The summed E-state index contributed by atoms with van der Waals surface area (Å²) in [6.07, 6.45) is 7.17. The van der Waals surface area contributed by atoms with E-state index in [1.165, 1.54) is 6.42 Å². The smallest absolute Gasteiger partial charge is 0.238 e. The van der Waals surface area contributed by atoms with Crippen molar-refractivity contribution in [3.63, 3.8) is 0 Å². The maximum Gasteiger partial charge on any atom is 0.238 e. The minimum atomic E-state index is -0.0505. The number of amides is 2. The van der Waals surface area contributed by atoms with Gasteiger partial charge in [-0.2, -0.15) is 0 Å². The molecule has 0 aromatic heterocycles. The molecule has 1 heterocycles. The summed E-state index contributed by atoms with van der Waals surface area (Å²) in [5.41, 5.74) is 2.89. The topological polar surface area (TPSA) is 37.4 Å². The van der Waals surface area contributed by atoms with Gasteiger partial charge in [-0.05, 0) is 73.3 Å². The van der Waals surface area contributed by atoms with Gasteiger partial charge < -0.3 is 0 Å². The normalized spacial score (nSPS) is 45.6. The molecule has 1 aromatic carbocycles. The molecule has 1 aliphatic heterocycles. The first-order chi connectivity index (χ1) is 12.1. The molecule has 3 saturated carbocycles. The highest BCUT2D eigenvalue weighted by Gasteiger charge is 2.71. The molecule has 4 bridgehead atoms. The number of hydrogen-bond donors (Lipinski definition) is 0. The second-order valence-corrected chi connectivity index (χ2v) is 8.97. The number of nitrogens with zero attached hydrogens (tertiary/aromatic N) is 1. The van der Waals surface area contributed by atoms with E-state index in [0.29, 0.717) is 35.5 Å². The molecule has 5 aliphatic rings. The van der Waals surface area contributed by atoms with Gasteiger partial charge in [-0.1, -0.05) is 30.4 Å². The molecule has 2 amide bonds. The third kappa shape index (κ3) is 1.50. The Morgan fingerprint density at radius 3 is 1.88 bits per heavy atom. The molecule has 4 fully saturated rings. The lowest BCUT2D eigenvalue weighted by Crippen LogP contribution is -2.38. The zero-order valence-corrected chi connectivity index (χ0v) is 14.7. The van der Waals surface area contributed by atoms with E-state index in [2.05, 4.69) is 12.2 Å². The lowest BCUT2D eigenvalue weighted by atomic mass is 9.65. The Kier molecular flexibility index (Phi) is 2.53. The number of para-hydroxylation sites is 1. The predicted octanol–water partition coefficient (Wildman–Crippen LogP) is 3.50. The van der Waals surface area contributed by atoms with Crippen molar-refractivity contribution < 1.29 is 9.59 Å². The average Bonchev–Trinajstić information content (AvgIpc) is 3.35. The van der Waals surface area contributed by atoms with E-state index in [-0.39, 0.29) is 23.7 Å². The number of imide groups is 1. The van der Waals surface area contributed by atoms with Crippen molar-refractivity contribution >= 4 is 17.5 Å². The zero-order valence-electron chi connectivity index (χ0n) is 14.7. The Morgan fingerprint density at radius 2 is 1.36 bits per heavy atom. The van der Waals surface area contributed by atoms with E-state index in [9.17, 15) is 9.59 Å². The van der Waals surface area contributed by atoms with Crippen molar-refractivity contribution in [1.82, 2.24) is 0 Å². The number of fused-ring (bicyclic) bond motifs is 12. The number of carbonyl (C=O) groups excluding carboxylic acids is 2. The van der Waals surface area contributed by atoms with Gasteiger partial charge in [-0.15, -0.1) is 0 Å². The molecule has 1 aromatic rings. The lowest BCUT2D eigenvalue weighted by Gasteiger charge is -2.36. The summed E-state index contributed by atoms with van der Waals surface area (Å²) < 4.78 is 0. The zero-order chi connectivity index (χ0) is 17.0. The van der Waals surface area contributed by atoms with E-state index >= 15 is 0 Å². The molecule has 3 nitrogen and oxygen atoms in total. The average molecular weight is 333 g/mol. The second-order valence-electron chi connectivity index (χ2n) is 8.97. The number of aryl methyl sites for hydroxylation is 2. The Labute approximate surface area is 148 Å². The molecule has 25 heavy (non-hydrogen) atoms. The number of allylic oxidation sites excluding steroid dienone is 2. The van der Waals surface area contributed by atoms with E-state index in [0.717, 1.165) is 23.2 Å². The summed E-state index contributed by atoms with van der Waals surface area (Å²) in [6.45, 7) is 4.01. The molecule has 4 aliphatic carbocycles. The van der Waals surface area contributed by atoms with E-state index < -0.39 is 0 Å². The van der Waals surface area contributed by atoms with Crippen LogP contribution in [0, 0.1) is 61.2 Å². The van der Waals surface area contributed by atoms with Crippen LogP contribution in [0.3, 0.4) is 0 Å². The molecule has 8 unspecified atom stereocenters. The summed E-state index contributed by atoms with van der Waals surface area (Å²) >= 11 is 0. The van der Waals surface area contributed by atoms with Crippen LogP contribution in [0.25, 0.3) is 0 Å². The lowest BCUT2D eigenvalue weighted by molar-refractivity contribution is -0.123. The van der Waals surface area contributed by atoms with Crippen molar-refractivity contribution in [3.8, 4) is 0 Å². The molecule has 6 rings (SSSR count). The van der Waals surface area contributed by atoms with E-state index in [1.54, 1.807) is 4.90 Å². The minimum absolute atomic E-state index is 0.0505. The molecule has 0 N–H and O–H groups in total. The van der Waals surface area contributed by atoms with Crippen molar-refractivity contribution in [2.75, 3.05) is 4.90 Å². The maximum absolute atomic E-state index is 13.4. The van der Waals surface area contributed by atoms with Gasteiger partial charge in [-0.3, -0.25) is 9.59 Å². The Bertz CT molecular complexity index is 793. The number of benzene rings is 1. The van der Waals surface area contributed by atoms with Crippen LogP contribution < -0.4 is 4.90 Å². The molecule has 8 atom stereocenters. The van der Waals surface area contributed by atoms with Crippen molar-refractivity contribution in [2.24, 2.45) is 47.3 Å². The molecule has 3 heteroatoms. The van der Waals surface area contributed by atoms with Crippen LogP contribution in [0.5, 0.6) is 0 Å². The Morgan fingerprint density at radius 1 is 0.840 bits per heavy atom. The first-order valence-corrected chi connectivity index (χ1v) is 9.70. The van der Waals surface area contributed by atoms with Gasteiger partial charge in [0.2, 0.25) is 11.8 Å². The Hall–Kier alpha value is -1.90. The van der Waals surface area contributed by atoms with Gasteiger partial charge in [0.1, 0.15) is 0 Å². The van der Waals surface area contributed by atoms with Gasteiger partial charge in [-0.25, -0.2) is 4.90 Å². The second kappa shape index (κ2) is 4.44. The maximum atomic E-state index is 13.4. The highest BCUT2D eigenvalue weighted by molar-refractivity contribution is 6.23. The van der Waals surface area contributed by atoms with Crippen LogP contribution in [-0.2, 0) is 9.59 Å². The van der Waals surface area contributed by atoms with Gasteiger partial charge in [0.05, 0.1) is 17.5 Å². The fourth-order valence-corrected chi connectivity index (χ4v) is 7.50. The number of anilines is 1. The van der Waals surface area contributed by atoms with Gasteiger partial charge >= 0.3 is 0 Å². The van der Waals surface area contributed by atoms with Crippen LogP contribution in [-0.4, -0.2) is 11.8 Å². The molecular weight excluding hydrogens is 310 g/mol. The summed E-state index contributed by atoms with van der Waals surface area (Å²) in [7, 11) is 0. The summed E-state index contributed by atoms with van der Waals surface area (Å²) in [6, 6.07) is 6.01. The van der Waals surface area contributed by atoms with E-state index in [4.69, 9.17) is 0 Å². The molecule has 0 radical (unpaired) electrons. The fourth-order valence-electron chi connectivity index (χ4n) is 7.50. The van der Waals surface area contributed by atoms with Gasteiger partial charge in [0, 0.05) is 0 Å². The highest BCUT2D eigenvalue weighted by Crippen LogP contribution is 2.70. The highest BCUT2D eigenvalue weighted by atomic mass is 16.2. The van der Waals surface area contributed by atoms with Crippen LogP contribution >= 0.6 is 0 Å². The van der Waals surface area contributed by atoms with Crippen molar-refractivity contribution in [2.45, 2.75) is 26.7 Å². The third-order valence-electron chi connectivity index (χ3n) is 8.10. The summed E-state index contributed by atoms with van der Waals surface area (Å²) in [5, 5.41) is 0. The minimum Gasteiger partial charge on any atom is -0.274 e. The predicted molar refractivity (Wildman–Crippen MR) is 94.7 cm³/mol. The number of rotatable bonds is 1. The molecule has 1 saturated heterocycles. The summed E-state index contributed by atoms with van der Waals surface area (Å²) in [5.74, 6) is 3.61.